The van der Waals surface area contributed by atoms with Crippen LogP contribution in [-0.2, 0) is 7.05 Å². The van der Waals surface area contributed by atoms with Crippen molar-refractivity contribution in [2.45, 2.75) is 30.3 Å². The molecule has 1 spiro atoms. The molecular formula is C23H26FN5S. The molecule has 0 radical (unpaired) electrons. The Kier molecular flexibility index (Phi) is 5.33. The molecule has 3 aromatic rings. The van der Waals surface area contributed by atoms with E-state index in [-0.39, 0.29) is 5.82 Å². The molecule has 30 heavy (non-hydrogen) atoms. The average molecular weight is 424 g/mol. The van der Waals surface area contributed by atoms with E-state index >= 15 is 0 Å². The quantitative estimate of drug-likeness (QED) is 0.417. The summed E-state index contributed by atoms with van der Waals surface area (Å²) in [4.78, 5) is 6.77. The predicted octanol–water partition coefficient (Wildman–Crippen LogP) is 4.38. The summed E-state index contributed by atoms with van der Waals surface area (Å²) in [5, 5.41) is 9.63. The predicted molar refractivity (Wildman–Crippen MR) is 117 cm³/mol. The topological polar surface area (TPSA) is 46.8 Å². The number of rotatable bonds is 7. The van der Waals surface area contributed by atoms with Gasteiger partial charge in [0.2, 0.25) is 0 Å². The molecule has 1 aromatic carbocycles. The van der Waals surface area contributed by atoms with Crippen LogP contribution in [0.15, 0.2) is 53.9 Å². The number of likely N-dealkylation sites (tertiary alicyclic amines) is 1. The van der Waals surface area contributed by atoms with Crippen molar-refractivity contribution in [3.8, 4) is 11.4 Å². The molecule has 2 atom stereocenters. The number of nitrogens with zero attached hydrogens (tertiary/aromatic N) is 5. The summed E-state index contributed by atoms with van der Waals surface area (Å²) >= 11 is 1.77. The molecule has 0 amide bonds. The SMILES string of the molecule is Cn1c(SCCCN2CC[C@@]3(C[C@H]3c3ccc(F)cc3)C2)nnc1-c1cccnc1. The van der Waals surface area contributed by atoms with Crippen molar-refractivity contribution in [3.05, 3.63) is 60.2 Å². The maximum Gasteiger partial charge on any atom is 0.191 e. The minimum atomic E-state index is -0.144. The van der Waals surface area contributed by atoms with Crippen molar-refractivity contribution >= 4 is 11.8 Å². The zero-order valence-corrected chi connectivity index (χ0v) is 18.0. The van der Waals surface area contributed by atoms with Crippen LogP contribution in [0.2, 0.25) is 0 Å². The fraction of sp³-hybridized carbons (Fsp3) is 0.435. The number of benzene rings is 1. The average Bonchev–Trinajstić information content (AvgIpc) is 3.11. The molecule has 1 aliphatic heterocycles. The Balaban J connectivity index is 1.09. The highest BCUT2D eigenvalue weighted by Crippen LogP contribution is 2.64. The van der Waals surface area contributed by atoms with Gasteiger partial charge in [-0.25, -0.2) is 4.39 Å². The summed E-state index contributed by atoms with van der Waals surface area (Å²) in [5.74, 6) is 2.35. The lowest BCUT2D eigenvalue weighted by molar-refractivity contribution is 0.319. The second kappa shape index (κ2) is 8.12. The Morgan fingerprint density at radius 2 is 2.07 bits per heavy atom. The van der Waals surface area contributed by atoms with Gasteiger partial charge in [0.05, 0.1) is 0 Å². The van der Waals surface area contributed by atoms with Crippen LogP contribution >= 0.6 is 11.8 Å². The Labute approximate surface area is 180 Å². The minimum Gasteiger partial charge on any atom is -0.305 e. The first kappa shape index (κ1) is 19.7. The summed E-state index contributed by atoms with van der Waals surface area (Å²) in [6.45, 7) is 3.48. The van der Waals surface area contributed by atoms with Gasteiger partial charge in [0.25, 0.3) is 0 Å². The van der Waals surface area contributed by atoms with Crippen molar-refractivity contribution in [3.63, 3.8) is 0 Å². The van der Waals surface area contributed by atoms with E-state index in [1.165, 1.54) is 31.5 Å². The first-order chi connectivity index (χ1) is 14.6. The molecule has 1 saturated heterocycles. The highest BCUT2D eigenvalue weighted by Gasteiger charge is 2.57. The maximum absolute atomic E-state index is 13.2. The fourth-order valence-corrected chi connectivity index (χ4v) is 5.61. The van der Waals surface area contributed by atoms with Crippen LogP contribution in [0.4, 0.5) is 4.39 Å². The highest BCUT2D eigenvalue weighted by atomic mass is 32.2. The molecule has 0 unspecified atom stereocenters. The van der Waals surface area contributed by atoms with Gasteiger partial charge in [0.15, 0.2) is 11.0 Å². The Morgan fingerprint density at radius 3 is 2.87 bits per heavy atom. The van der Waals surface area contributed by atoms with Gasteiger partial charge < -0.3 is 9.47 Å². The smallest absolute Gasteiger partial charge is 0.191 e. The standard InChI is InChI=1S/C23H26FN5S/c1-28-21(18-4-2-10-25-15-18)26-27-22(28)30-13-3-11-29-12-9-23(16-29)14-20(23)17-5-7-19(24)8-6-17/h2,4-8,10,15,20H,3,9,11-14,16H2,1H3/t20-,23+/m0/s1. The van der Waals surface area contributed by atoms with Crippen molar-refractivity contribution in [1.82, 2.24) is 24.6 Å². The van der Waals surface area contributed by atoms with Crippen LogP contribution in [0, 0.1) is 11.2 Å². The zero-order valence-electron chi connectivity index (χ0n) is 17.2. The van der Waals surface area contributed by atoms with Gasteiger partial charge >= 0.3 is 0 Å². The summed E-state index contributed by atoms with van der Waals surface area (Å²) in [6.07, 6.45) is 7.23. The first-order valence-electron chi connectivity index (χ1n) is 10.6. The van der Waals surface area contributed by atoms with Crippen LogP contribution in [0.5, 0.6) is 0 Å². The number of halogens is 1. The normalized spacial score (nSPS) is 23.3. The first-order valence-corrected chi connectivity index (χ1v) is 11.5. The van der Waals surface area contributed by atoms with E-state index in [2.05, 4.69) is 20.1 Å². The van der Waals surface area contributed by atoms with E-state index in [0.717, 1.165) is 35.3 Å². The number of hydrogen-bond acceptors (Lipinski definition) is 5. The molecule has 5 nitrogen and oxygen atoms in total. The Hall–Kier alpha value is -2.25. The molecule has 156 valence electrons. The van der Waals surface area contributed by atoms with Gasteiger partial charge in [0.1, 0.15) is 5.82 Å². The van der Waals surface area contributed by atoms with Crippen molar-refractivity contribution in [1.29, 1.82) is 0 Å². The molecular weight excluding hydrogens is 397 g/mol. The minimum absolute atomic E-state index is 0.144. The Bertz CT molecular complexity index is 1010. The van der Waals surface area contributed by atoms with Gasteiger partial charge in [-0.3, -0.25) is 4.98 Å². The number of aromatic nitrogens is 4. The Morgan fingerprint density at radius 1 is 1.20 bits per heavy atom. The number of hydrogen-bond donors (Lipinski definition) is 0. The molecule has 2 aliphatic rings. The summed E-state index contributed by atoms with van der Waals surface area (Å²) in [7, 11) is 2.01. The third-order valence-electron chi connectivity index (χ3n) is 6.53. The van der Waals surface area contributed by atoms with E-state index < -0.39 is 0 Å². The summed E-state index contributed by atoms with van der Waals surface area (Å²) < 4.78 is 15.2. The second-order valence-electron chi connectivity index (χ2n) is 8.51. The molecule has 0 bridgehead atoms. The van der Waals surface area contributed by atoms with Gasteiger partial charge in [-0.1, -0.05) is 23.9 Å². The van der Waals surface area contributed by atoms with Crippen molar-refractivity contribution in [2.75, 3.05) is 25.4 Å². The van der Waals surface area contributed by atoms with Gasteiger partial charge in [-0.15, -0.1) is 10.2 Å². The van der Waals surface area contributed by atoms with Crippen LogP contribution in [0.3, 0.4) is 0 Å². The van der Waals surface area contributed by atoms with Crippen LogP contribution in [0.25, 0.3) is 11.4 Å². The lowest BCUT2D eigenvalue weighted by Gasteiger charge is -2.16. The van der Waals surface area contributed by atoms with E-state index in [0.29, 0.717) is 11.3 Å². The molecule has 1 saturated carbocycles. The molecule has 5 rings (SSSR count). The van der Waals surface area contributed by atoms with E-state index in [9.17, 15) is 4.39 Å². The fourth-order valence-electron chi connectivity index (χ4n) is 4.78. The van der Waals surface area contributed by atoms with Crippen LogP contribution in [-0.4, -0.2) is 50.0 Å². The van der Waals surface area contributed by atoms with Crippen LogP contribution < -0.4 is 0 Å². The van der Waals surface area contributed by atoms with E-state index in [1.807, 2.05) is 42.1 Å². The summed E-state index contributed by atoms with van der Waals surface area (Å²) in [5.41, 5.74) is 2.73. The van der Waals surface area contributed by atoms with Crippen molar-refractivity contribution in [2.24, 2.45) is 12.5 Å². The van der Waals surface area contributed by atoms with E-state index in [1.54, 1.807) is 30.1 Å². The third-order valence-corrected chi connectivity index (χ3v) is 7.64. The summed E-state index contributed by atoms with van der Waals surface area (Å²) in [6, 6.07) is 11.0. The largest absolute Gasteiger partial charge is 0.305 e. The number of thioether (sulfide) groups is 1. The molecule has 7 heteroatoms. The molecule has 2 fully saturated rings. The van der Waals surface area contributed by atoms with Crippen LogP contribution in [0.1, 0.15) is 30.7 Å². The number of pyridine rings is 1. The second-order valence-corrected chi connectivity index (χ2v) is 9.57. The van der Waals surface area contributed by atoms with Crippen molar-refractivity contribution < 1.29 is 4.39 Å². The molecule has 2 aromatic heterocycles. The molecule has 1 aliphatic carbocycles. The van der Waals surface area contributed by atoms with Gasteiger partial charge in [0, 0.05) is 37.3 Å². The van der Waals surface area contributed by atoms with E-state index in [4.69, 9.17) is 0 Å². The zero-order chi connectivity index (χ0) is 20.6. The monoisotopic (exact) mass is 423 g/mol. The van der Waals surface area contributed by atoms with Gasteiger partial charge in [-0.05, 0) is 73.5 Å². The molecule has 0 N–H and O–H groups in total. The maximum atomic E-state index is 13.2. The lowest BCUT2D eigenvalue weighted by atomic mass is 9.98. The lowest BCUT2D eigenvalue weighted by Crippen LogP contribution is -2.23. The third kappa shape index (κ3) is 3.88. The highest BCUT2D eigenvalue weighted by molar-refractivity contribution is 7.99. The van der Waals surface area contributed by atoms with Gasteiger partial charge in [-0.2, -0.15) is 0 Å². The molecule has 3 heterocycles.